The lowest BCUT2D eigenvalue weighted by Crippen LogP contribution is -2.63. The zero-order chi connectivity index (χ0) is 21.8. The highest BCUT2D eigenvalue weighted by molar-refractivity contribution is 6.42. The molecule has 6 nitrogen and oxygen atoms in total. The first-order chi connectivity index (χ1) is 14.1. The number of imidazole rings is 1. The number of carbonyl (C=O) groups excluding carboxylic acids is 2. The molecule has 0 fully saturated rings. The number of alkyl halides is 3. The molecule has 0 saturated heterocycles. The number of amides is 2. The van der Waals surface area contributed by atoms with Crippen molar-refractivity contribution in [1.82, 2.24) is 14.9 Å². The molecule has 0 bridgehead atoms. The Morgan fingerprint density at radius 1 is 1.23 bits per heavy atom. The van der Waals surface area contributed by atoms with Crippen LogP contribution in [-0.4, -0.2) is 27.5 Å². The van der Waals surface area contributed by atoms with E-state index in [2.05, 4.69) is 10.3 Å². The molecule has 1 unspecified atom stereocenters. The summed E-state index contributed by atoms with van der Waals surface area (Å²) >= 11 is 12.0. The van der Waals surface area contributed by atoms with Crippen LogP contribution >= 0.6 is 23.2 Å². The lowest BCUT2D eigenvalue weighted by molar-refractivity contribution is -0.217. The van der Waals surface area contributed by atoms with Gasteiger partial charge in [0.1, 0.15) is 0 Å². The zero-order valence-electron chi connectivity index (χ0n) is 15.3. The summed E-state index contributed by atoms with van der Waals surface area (Å²) in [6.07, 6.45) is -5.36. The first kappa shape index (κ1) is 20.5. The van der Waals surface area contributed by atoms with E-state index < -0.39 is 23.7 Å². The largest absolute Gasteiger partial charge is 0.440 e. The number of fused-ring (bicyclic) bond motifs is 3. The van der Waals surface area contributed by atoms with Gasteiger partial charge in [-0.3, -0.25) is 19.5 Å². The molecule has 4 rings (SSSR count). The second kappa shape index (κ2) is 6.88. The molecule has 30 heavy (non-hydrogen) atoms. The van der Waals surface area contributed by atoms with Gasteiger partial charge in [-0.05, 0) is 23.8 Å². The van der Waals surface area contributed by atoms with Gasteiger partial charge >= 0.3 is 6.18 Å². The van der Waals surface area contributed by atoms with Crippen molar-refractivity contribution >= 4 is 52.0 Å². The van der Waals surface area contributed by atoms with Gasteiger partial charge in [-0.1, -0.05) is 48.3 Å². The highest BCUT2D eigenvalue weighted by Gasteiger charge is 2.67. The Labute approximate surface area is 178 Å². The van der Waals surface area contributed by atoms with E-state index >= 15 is 0 Å². The van der Waals surface area contributed by atoms with E-state index in [0.717, 1.165) is 0 Å². The minimum atomic E-state index is -5.12. The summed E-state index contributed by atoms with van der Waals surface area (Å²) in [5, 5.41) is 4.59. The maximum atomic E-state index is 14.2. The fourth-order valence-electron chi connectivity index (χ4n) is 3.44. The Kier molecular flexibility index (Phi) is 4.70. The Balaban J connectivity index is 2.00. The van der Waals surface area contributed by atoms with Crippen LogP contribution in [0, 0.1) is 0 Å². The average molecular weight is 457 g/mol. The molecule has 2 N–H and O–H groups in total. The number of rotatable bonds is 3. The first-order valence-corrected chi connectivity index (χ1v) is 9.52. The van der Waals surface area contributed by atoms with Crippen LogP contribution in [0.3, 0.4) is 0 Å². The summed E-state index contributed by atoms with van der Waals surface area (Å²) in [6.45, 7) is 1.39. The smallest absolute Gasteiger partial charge is 0.317 e. The minimum absolute atomic E-state index is 0.0145. The molecule has 3 aromatic rings. The SMILES string of the molecule is CCC(=O)NC1(C(F)(F)F)C(=O)Nc2nc3c(-c4ccc(Cl)c(Cl)c4)cccc3n21. The third kappa shape index (κ3) is 2.84. The standard InChI is InChI=1S/C19H13Cl2F3N4O2/c1-2-14(29)27-18(19(22,23)24)16(30)26-17-25-15-10(4-3-5-13(15)28(17)18)9-6-7-11(20)12(21)8-9/h3-8H,2H2,1H3,(H,27,29)(H,25,26,30). The predicted molar refractivity (Wildman–Crippen MR) is 106 cm³/mol. The van der Waals surface area contributed by atoms with Crippen LogP contribution in [0.2, 0.25) is 10.0 Å². The van der Waals surface area contributed by atoms with Gasteiger partial charge < -0.3 is 5.32 Å². The quantitative estimate of drug-likeness (QED) is 0.599. The van der Waals surface area contributed by atoms with Crippen molar-refractivity contribution in [2.45, 2.75) is 25.2 Å². The van der Waals surface area contributed by atoms with Crippen molar-refractivity contribution in [3.05, 3.63) is 46.4 Å². The number of benzene rings is 2. The van der Waals surface area contributed by atoms with E-state index in [1.807, 2.05) is 5.32 Å². The summed E-state index contributed by atoms with van der Waals surface area (Å²) in [4.78, 5) is 28.6. The van der Waals surface area contributed by atoms with E-state index in [-0.39, 0.29) is 28.4 Å². The van der Waals surface area contributed by atoms with Gasteiger partial charge in [0.25, 0.3) is 11.6 Å². The molecule has 0 spiro atoms. The number of hydrogen-bond acceptors (Lipinski definition) is 3. The maximum absolute atomic E-state index is 14.2. The molecule has 1 aliphatic heterocycles. The lowest BCUT2D eigenvalue weighted by Gasteiger charge is -2.31. The monoisotopic (exact) mass is 456 g/mol. The summed E-state index contributed by atoms with van der Waals surface area (Å²) in [6, 6.07) is 9.36. The van der Waals surface area contributed by atoms with Crippen LogP contribution < -0.4 is 10.6 Å². The molecular formula is C19H13Cl2F3N4O2. The molecule has 0 aliphatic carbocycles. The van der Waals surface area contributed by atoms with Crippen molar-refractivity contribution in [3.8, 4) is 11.1 Å². The van der Waals surface area contributed by atoms with Gasteiger partial charge in [0.15, 0.2) is 0 Å². The zero-order valence-corrected chi connectivity index (χ0v) is 16.8. The fourth-order valence-corrected chi connectivity index (χ4v) is 3.74. The van der Waals surface area contributed by atoms with E-state index in [0.29, 0.717) is 20.7 Å². The van der Waals surface area contributed by atoms with Crippen molar-refractivity contribution in [3.63, 3.8) is 0 Å². The van der Waals surface area contributed by atoms with Crippen LogP contribution in [0.1, 0.15) is 13.3 Å². The van der Waals surface area contributed by atoms with Crippen LogP contribution in [0.15, 0.2) is 36.4 Å². The molecule has 2 heterocycles. The number of nitrogens with one attached hydrogen (secondary N) is 2. The Hall–Kier alpha value is -2.78. The molecule has 156 valence electrons. The second-order valence-corrected chi connectivity index (χ2v) is 7.45. The van der Waals surface area contributed by atoms with E-state index in [9.17, 15) is 22.8 Å². The number of aromatic nitrogens is 2. The Bertz CT molecular complexity index is 1210. The van der Waals surface area contributed by atoms with Gasteiger partial charge in [0.05, 0.1) is 21.1 Å². The van der Waals surface area contributed by atoms with E-state index in [1.165, 1.54) is 19.1 Å². The molecule has 1 aromatic heterocycles. The summed E-state index contributed by atoms with van der Waals surface area (Å²) in [5.74, 6) is -2.69. The summed E-state index contributed by atoms with van der Waals surface area (Å²) < 4.78 is 43.3. The van der Waals surface area contributed by atoms with Gasteiger partial charge in [-0.15, -0.1) is 0 Å². The number of anilines is 1. The topological polar surface area (TPSA) is 76.0 Å². The third-order valence-corrected chi connectivity index (χ3v) is 5.60. The van der Waals surface area contributed by atoms with Crippen molar-refractivity contribution in [1.29, 1.82) is 0 Å². The van der Waals surface area contributed by atoms with Crippen LogP contribution in [0.25, 0.3) is 22.2 Å². The van der Waals surface area contributed by atoms with Gasteiger partial charge in [-0.25, -0.2) is 4.98 Å². The first-order valence-electron chi connectivity index (χ1n) is 8.76. The highest BCUT2D eigenvalue weighted by Crippen LogP contribution is 2.45. The Morgan fingerprint density at radius 3 is 2.60 bits per heavy atom. The highest BCUT2D eigenvalue weighted by atomic mass is 35.5. The number of halogens is 5. The Morgan fingerprint density at radius 2 is 1.97 bits per heavy atom. The van der Waals surface area contributed by atoms with Gasteiger partial charge in [0.2, 0.25) is 11.9 Å². The third-order valence-electron chi connectivity index (χ3n) is 4.86. The van der Waals surface area contributed by atoms with Crippen molar-refractivity contribution < 1.29 is 22.8 Å². The summed E-state index contributed by atoms with van der Waals surface area (Å²) in [5.41, 5.74) is -2.03. The molecular weight excluding hydrogens is 444 g/mol. The molecule has 2 aromatic carbocycles. The minimum Gasteiger partial charge on any atom is -0.317 e. The second-order valence-electron chi connectivity index (χ2n) is 6.64. The maximum Gasteiger partial charge on any atom is 0.440 e. The van der Waals surface area contributed by atoms with Crippen molar-refractivity contribution in [2.75, 3.05) is 5.32 Å². The number of nitrogens with zero attached hydrogens (tertiary/aromatic N) is 2. The normalized spacial score (nSPS) is 18.4. The number of carbonyl (C=O) groups is 2. The number of hydrogen-bond donors (Lipinski definition) is 2. The van der Waals surface area contributed by atoms with Crippen LogP contribution in [-0.2, 0) is 15.3 Å². The molecule has 11 heteroatoms. The molecule has 0 saturated carbocycles. The summed E-state index contributed by atoms with van der Waals surface area (Å²) in [7, 11) is 0. The lowest BCUT2D eigenvalue weighted by atomic mass is 10.0. The van der Waals surface area contributed by atoms with Crippen molar-refractivity contribution in [2.24, 2.45) is 0 Å². The van der Waals surface area contributed by atoms with E-state index in [1.54, 1.807) is 24.3 Å². The van der Waals surface area contributed by atoms with Crippen LogP contribution in [0.4, 0.5) is 19.1 Å². The van der Waals surface area contributed by atoms with E-state index in [4.69, 9.17) is 23.2 Å². The van der Waals surface area contributed by atoms with Crippen LogP contribution in [0.5, 0.6) is 0 Å². The molecule has 1 atom stereocenters. The molecule has 0 radical (unpaired) electrons. The average Bonchev–Trinajstić information content (AvgIpc) is 3.17. The van der Waals surface area contributed by atoms with Gasteiger partial charge in [-0.2, -0.15) is 13.2 Å². The predicted octanol–water partition coefficient (Wildman–Crippen LogP) is 4.70. The number of para-hydroxylation sites is 1. The molecule has 2 amide bonds. The molecule has 1 aliphatic rings. The fraction of sp³-hybridized carbons (Fsp3) is 0.211. The van der Waals surface area contributed by atoms with Gasteiger partial charge in [0, 0.05) is 12.0 Å².